The SMILES string of the molecule is Cc1cc(S(=O)(=O)N(CCO)CCO)cc([N+](=O)[O-])c1C. The van der Waals surface area contributed by atoms with Crippen LogP contribution in [0.2, 0.25) is 0 Å². The molecule has 0 heterocycles. The van der Waals surface area contributed by atoms with E-state index in [9.17, 15) is 18.5 Å². The lowest BCUT2D eigenvalue weighted by Crippen LogP contribution is -2.36. The van der Waals surface area contributed by atoms with E-state index in [2.05, 4.69) is 0 Å². The molecule has 8 nitrogen and oxygen atoms in total. The Morgan fingerprint density at radius 2 is 1.71 bits per heavy atom. The summed E-state index contributed by atoms with van der Waals surface area (Å²) >= 11 is 0. The summed E-state index contributed by atoms with van der Waals surface area (Å²) in [6.07, 6.45) is 0. The molecule has 0 atom stereocenters. The van der Waals surface area contributed by atoms with E-state index in [0.29, 0.717) is 11.1 Å². The number of aryl methyl sites for hydroxylation is 1. The highest BCUT2D eigenvalue weighted by Gasteiger charge is 2.27. The summed E-state index contributed by atoms with van der Waals surface area (Å²) in [5.41, 5.74) is 0.604. The van der Waals surface area contributed by atoms with Crippen molar-refractivity contribution in [1.29, 1.82) is 0 Å². The van der Waals surface area contributed by atoms with Crippen LogP contribution in [-0.4, -0.2) is 54.2 Å². The normalized spacial score (nSPS) is 11.9. The minimum Gasteiger partial charge on any atom is -0.395 e. The Bertz CT molecular complexity index is 623. The van der Waals surface area contributed by atoms with Crippen molar-refractivity contribution in [3.8, 4) is 0 Å². The van der Waals surface area contributed by atoms with Crippen LogP contribution in [0.15, 0.2) is 17.0 Å². The summed E-state index contributed by atoms with van der Waals surface area (Å²) in [4.78, 5) is 10.1. The fourth-order valence-electron chi connectivity index (χ4n) is 1.87. The fourth-order valence-corrected chi connectivity index (χ4v) is 3.40. The first kappa shape index (κ1) is 17.5. The van der Waals surface area contributed by atoms with Crippen molar-refractivity contribution in [2.45, 2.75) is 18.7 Å². The van der Waals surface area contributed by atoms with E-state index >= 15 is 0 Å². The minimum absolute atomic E-state index is 0.191. The van der Waals surface area contributed by atoms with E-state index in [1.54, 1.807) is 13.8 Å². The maximum Gasteiger partial charge on any atom is 0.273 e. The molecule has 2 N–H and O–H groups in total. The number of nitro groups is 1. The first-order valence-corrected chi connectivity index (χ1v) is 7.67. The van der Waals surface area contributed by atoms with Crippen molar-refractivity contribution in [2.75, 3.05) is 26.3 Å². The van der Waals surface area contributed by atoms with Crippen molar-refractivity contribution in [3.63, 3.8) is 0 Å². The van der Waals surface area contributed by atoms with Crippen LogP contribution in [0.5, 0.6) is 0 Å². The molecule has 9 heteroatoms. The molecule has 0 aliphatic carbocycles. The van der Waals surface area contributed by atoms with E-state index in [-0.39, 0.29) is 23.7 Å². The maximum absolute atomic E-state index is 12.4. The van der Waals surface area contributed by atoms with Crippen molar-refractivity contribution < 1.29 is 23.6 Å². The van der Waals surface area contributed by atoms with Crippen LogP contribution in [0.3, 0.4) is 0 Å². The lowest BCUT2D eigenvalue weighted by Gasteiger charge is -2.20. The molecule has 0 spiro atoms. The van der Waals surface area contributed by atoms with Gasteiger partial charge in [0.15, 0.2) is 0 Å². The van der Waals surface area contributed by atoms with Crippen molar-refractivity contribution in [2.24, 2.45) is 0 Å². The van der Waals surface area contributed by atoms with E-state index < -0.39 is 28.2 Å². The maximum atomic E-state index is 12.4. The first-order chi connectivity index (χ1) is 9.75. The van der Waals surface area contributed by atoms with Gasteiger partial charge in [0.1, 0.15) is 0 Å². The molecular weight excluding hydrogens is 300 g/mol. The summed E-state index contributed by atoms with van der Waals surface area (Å²) in [7, 11) is -4.01. The van der Waals surface area contributed by atoms with Crippen LogP contribution < -0.4 is 0 Å². The third-order valence-corrected chi connectivity index (χ3v) is 5.02. The Labute approximate surface area is 122 Å². The largest absolute Gasteiger partial charge is 0.395 e. The number of aliphatic hydroxyl groups excluding tert-OH is 2. The van der Waals surface area contributed by atoms with Crippen molar-refractivity contribution in [1.82, 2.24) is 4.31 Å². The lowest BCUT2D eigenvalue weighted by atomic mass is 10.1. The van der Waals surface area contributed by atoms with Gasteiger partial charge in [0.2, 0.25) is 10.0 Å². The first-order valence-electron chi connectivity index (χ1n) is 6.23. The standard InChI is InChI=1S/C12H18N2O6S/c1-9-7-11(8-12(10(9)2)14(17)18)21(19,20)13(3-5-15)4-6-16/h7-8,15-16H,3-6H2,1-2H3. The highest BCUT2D eigenvalue weighted by atomic mass is 32.2. The lowest BCUT2D eigenvalue weighted by molar-refractivity contribution is -0.385. The zero-order valence-electron chi connectivity index (χ0n) is 11.8. The molecule has 0 aromatic heterocycles. The number of rotatable bonds is 7. The summed E-state index contributed by atoms with van der Waals surface area (Å²) in [5, 5.41) is 28.8. The zero-order valence-corrected chi connectivity index (χ0v) is 12.6. The van der Waals surface area contributed by atoms with Crippen LogP contribution in [0.4, 0.5) is 5.69 Å². The molecule has 0 saturated carbocycles. The van der Waals surface area contributed by atoms with Gasteiger partial charge in [-0.25, -0.2) is 8.42 Å². The summed E-state index contributed by atoms with van der Waals surface area (Å²) < 4.78 is 25.8. The number of hydrogen-bond acceptors (Lipinski definition) is 6. The molecule has 0 saturated heterocycles. The highest BCUT2D eigenvalue weighted by molar-refractivity contribution is 7.89. The molecule has 0 unspecified atom stereocenters. The van der Waals surface area contributed by atoms with E-state index in [4.69, 9.17) is 10.2 Å². The molecule has 0 bridgehead atoms. The second-order valence-corrected chi connectivity index (χ2v) is 6.43. The number of nitro benzene ring substituents is 1. The van der Waals surface area contributed by atoms with Crippen LogP contribution in [0.1, 0.15) is 11.1 Å². The number of sulfonamides is 1. The van der Waals surface area contributed by atoms with Gasteiger partial charge in [-0.3, -0.25) is 10.1 Å². The Kier molecular flexibility index (Phi) is 5.78. The Morgan fingerprint density at radius 3 is 2.14 bits per heavy atom. The number of nitrogens with zero attached hydrogens (tertiary/aromatic N) is 2. The average Bonchev–Trinajstić information content (AvgIpc) is 2.40. The molecule has 0 fully saturated rings. The smallest absolute Gasteiger partial charge is 0.273 e. The van der Waals surface area contributed by atoms with Gasteiger partial charge >= 0.3 is 0 Å². The Balaban J connectivity index is 3.40. The van der Waals surface area contributed by atoms with Gasteiger partial charge in [-0.2, -0.15) is 4.31 Å². The minimum atomic E-state index is -4.01. The fraction of sp³-hybridized carbons (Fsp3) is 0.500. The Hall–Kier alpha value is -1.55. The second-order valence-electron chi connectivity index (χ2n) is 4.49. The molecule has 1 aromatic rings. The molecule has 21 heavy (non-hydrogen) atoms. The van der Waals surface area contributed by atoms with Crippen LogP contribution in [0.25, 0.3) is 0 Å². The summed E-state index contributed by atoms with van der Waals surface area (Å²) in [5.74, 6) is 0. The topological polar surface area (TPSA) is 121 Å². The van der Waals surface area contributed by atoms with Gasteiger partial charge in [0.25, 0.3) is 5.69 Å². The van der Waals surface area contributed by atoms with Gasteiger partial charge in [-0.05, 0) is 25.5 Å². The Morgan fingerprint density at radius 1 is 1.19 bits per heavy atom. The molecule has 1 rings (SSSR count). The number of benzene rings is 1. The van der Waals surface area contributed by atoms with Crippen LogP contribution >= 0.6 is 0 Å². The van der Waals surface area contributed by atoms with Gasteiger partial charge in [0.05, 0.1) is 23.0 Å². The molecule has 0 aliphatic heterocycles. The van der Waals surface area contributed by atoms with Crippen LogP contribution in [0, 0.1) is 24.0 Å². The predicted octanol–water partition coefficient (Wildman–Crippen LogP) is 0.187. The summed E-state index contributed by atoms with van der Waals surface area (Å²) in [6, 6.07) is 2.35. The predicted molar refractivity (Wildman–Crippen MR) is 75.5 cm³/mol. The quantitative estimate of drug-likeness (QED) is 0.546. The van der Waals surface area contributed by atoms with Crippen LogP contribution in [-0.2, 0) is 10.0 Å². The van der Waals surface area contributed by atoms with Gasteiger partial charge in [-0.1, -0.05) is 0 Å². The average molecular weight is 318 g/mol. The van der Waals surface area contributed by atoms with E-state index in [1.807, 2.05) is 0 Å². The van der Waals surface area contributed by atoms with Gasteiger partial charge in [-0.15, -0.1) is 0 Å². The van der Waals surface area contributed by atoms with Gasteiger partial charge < -0.3 is 10.2 Å². The monoisotopic (exact) mass is 318 g/mol. The van der Waals surface area contributed by atoms with E-state index in [1.165, 1.54) is 6.07 Å². The molecule has 0 amide bonds. The van der Waals surface area contributed by atoms with Gasteiger partial charge in [0, 0.05) is 24.7 Å². The third-order valence-electron chi connectivity index (χ3n) is 3.15. The number of aliphatic hydroxyl groups is 2. The second kappa shape index (κ2) is 6.94. The summed E-state index contributed by atoms with van der Waals surface area (Å²) in [6.45, 7) is 1.93. The molecule has 118 valence electrons. The molecular formula is C12H18N2O6S. The zero-order chi connectivity index (χ0) is 16.2. The van der Waals surface area contributed by atoms with Crippen molar-refractivity contribution in [3.05, 3.63) is 33.4 Å². The third kappa shape index (κ3) is 3.76. The molecule has 0 radical (unpaired) electrons. The highest BCUT2D eigenvalue weighted by Crippen LogP contribution is 2.27. The molecule has 1 aromatic carbocycles. The van der Waals surface area contributed by atoms with Crippen molar-refractivity contribution >= 4 is 15.7 Å². The molecule has 0 aliphatic rings. The van der Waals surface area contributed by atoms with E-state index in [0.717, 1.165) is 10.4 Å². The number of hydrogen-bond donors (Lipinski definition) is 2.